The van der Waals surface area contributed by atoms with Gasteiger partial charge in [-0.05, 0) is 23.3 Å². The van der Waals surface area contributed by atoms with E-state index >= 15 is 0 Å². The molecule has 0 fully saturated rings. The molecule has 3 nitrogen and oxygen atoms in total. The number of methoxy groups -OCH3 is 1. The Balaban J connectivity index is 2.15. The van der Waals surface area contributed by atoms with Gasteiger partial charge in [0.05, 0.1) is 6.61 Å². The van der Waals surface area contributed by atoms with Crippen LogP contribution in [0.25, 0.3) is 0 Å². The van der Waals surface area contributed by atoms with E-state index in [1.165, 1.54) is 0 Å². The zero-order chi connectivity index (χ0) is 15.8. The van der Waals surface area contributed by atoms with Crippen molar-refractivity contribution >= 4 is 17.5 Å². The predicted octanol–water partition coefficient (Wildman–Crippen LogP) is 3.62. The Morgan fingerprint density at radius 2 is 1.73 bits per heavy atom. The summed E-state index contributed by atoms with van der Waals surface area (Å²) >= 11 is 5.96. The van der Waals surface area contributed by atoms with Crippen LogP contribution in [0, 0.1) is 0 Å². The molecule has 0 radical (unpaired) electrons. The Bertz CT molecular complexity index is 584. The average Bonchev–Trinajstić information content (AvgIpc) is 2.55. The first-order valence-corrected chi connectivity index (χ1v) is 7.64. The summed E-state index contributed by atoms with van der Waals surface area (Å²) < 4.78 is 4.95. The molecule has 0 bridgehead atoms. The van der Waals surface area contributed by atoms with Crippen molar-refractivity contribution in [2.45, 2.75) is 12.3 Å². The molecule has 0 heterocycles. The third kappa shape index (κ3) is 4.86. The minimum Gasteiger partial charge on any atom is -0.383 e. The first-order chi connectivity index (χ1) is 10.7. The van der Waals surface area contributed by atoms with Crippen LogP contribution in [0.4, 0.5) is 0 Å². The highest BCUT2D eigenvalue weighted by atomic mass is 35.5. The number of nitrogens with one attached hydrogen (secondary N) is 1. The smallest absolute Gasteiger partial charge is 0.221 e. The predicted molar refractivity (Wildman–Crippen MR) is 89.2 cm³/mol. The molecule has 0 aliphatic carbocycles. The van der Waals surface area contributed by atoms with Crippen LogP contribution in [0.15, 0.2) is 54.6 Å². The zero-order valence-electron chi connectivity index (χ0n) is 12.6. The van der Waals surface area contributed by atoms with Crippen LogP contribution in [0.5, 0.6) is 0 Å². The third-order valence-electron chi connectivity index (χ3n) is 3.49. The largest absolute Gasteiger partial charge is 0.383 e. The molecule has 0 aliphatic heterocycles. The van der Waals surface area contributed by atoms with Crippen molar-refractivity contribution in [3.8, 4) is 0 Å². The molecule has 2 aromatic rings. The van der Waals surface area contributed by atoms with Gasteiger partial charge in [-0.25, -0.2) is 0 Å². The van der Waals surface area contributed by atoms with Crippen LogP contribution in [0.1, 0.15) is 23.5 Å². The number of amides is 1. The second-order valence-electron chi connectivity index (χ2n) is 5.06. The molecule has 1 atom stereocenters. The quantitative estimate of drug-likeness (QED) is 0.792. The van der Waals surface area contributed by atoms with E-state index in [9.17, 15) is 4.79 Å². The maximum Gasteiger partial charge on any atom is 0.221 e. The Hall–Kier alpha value is -1.84. The van der Waals surface area contributed by atoms with Gasteiger partial charge >= 0.3 is 0 Å². The molecule has 4 heteroatoms. The first-order valence-electron chi connectivity index (χ1n) is 7.26. The van der Waals surface area contributed by atoms with E-state index in [4.69, 9.17) is 16.3 Å². The van der Waals surface area contributed by atoms with E-state index in [1.807, 2.05) is 54.6 Å². The number of hydrogen-bond acceptors (Lipinski definition) is 2. The van der Waals surface area contributed by atoms with Crippen molar-refractivity contribution < 1.29 is 9.53 Å². The SMILES string of the molecule is COCCNC(=O)CC(c1ccccc1)c1ccc(Cl)cc1. The third-order valence-corrected chi connectivity index (χ3v) is 3.74. The van der Waals surface area contributed by atoms with Gasteiger partial charge in [-0.2, -0.15) is 0 Å². The number of carbonyl (C=O) groups excluding carboxylic acids is 1. The number of halogens is 1. The van der Waals surface area contributed by atoms with Gasteiger partial charge in [0.2, 0.25) is 5.91 Å². The lowest BCUT2D eigenvalue weighted by Crippen LogP contribution is -2.28. The number of ether oxygens (including phenoxy) is 1. The molecule has 1 unspecified atom stereocenters. The molecule has 1 amide bonds. The molecule has 0 aromatic heterocycles. The summed E-state index contributed by atoms with van der Waals surface area (Å²) in [5, 5.41) is 3.57. The fraction of sp³-hybridized carbons (Fsp3) is 0.278. The van der Waals surface area contributed by atoms with Gasteiger partial charge in [0, 0.05) is 31.0 Å². The summed E-state index contributed by atoms with van der Waals surface area (Å²) in [6, 6.07) is 17.7. The zero-order valence-corrected chi connectivity index (χ0v) is 13.3. The highest BCUT2D eigenvalue weighted by molar-refractivity contribution is 6.30. The highest BCUT2D eigenvalue weighted by Gasteiger charge is 2.17. The van der Waals surface area contributed by atoms with Gasteiger partial charge in [0.15, 0.2) is 0 Å². The van der Waals surface area contributed by atoms with Crippen molar-refractivity contribution in [3.63, 3.8) is 0 Å². The molecule has 2 rings (SSSR count). The van der Waals surface area contributed by atoms with Gasteiger partial charge in [0.1, 0.15) is 0 Å². The minimum atomic E-state index is 0.0147. The molecule has 116 valence electrons. The number of carbonyl (C=O) groups is 1. The summed E-state index contributed by atoms with van der Waals surface area (Å²) in [7, 11) is 1.62. The molecule has 0 spiro atoms. The molecular weight excluding hydrogens is 298 g/mol. The van der Waals surface area contributed by atoms with Gasteiger partial charge in [-0.15, -0.1) is 0 Å². The molecule has 0 aliphatic rings. The lowest BCUT2D eigenvalue weighted by Gasteiger charge is -2.18. The van der Waals surface area contributed by atoms with Crippen molar-refractivity contribution in [2.75, 3.05) is 20.3 Å². The number of benzene rings is 2. The Labute approximate surface area is 136 Å². The normalized spacial score (nSPS) is 11.9. The van der Waals surface area contributed by atoms with E-state index in [-0.39, 0.29) is 11.8 Å². The van der Waals surface area contributed by atoms with Gasteiger partial charge in [-0.3, -0.25) is 4.79 Å². The van der Waals surface area contributed by atoms with Crippen molar-refractivity contribution in [1.29, 1.82) is 0 Å². The van der Waals surface area contributed by atoms with Crippen molar-refractivity contribution in [1.82, 2.24) is 5.32 Å². The standard InChI is InChI=1S/C18H20ClNO2/c1-22-12-11-20-18(21)13-17(14-5-3-2-4-6-14)15-7-9-16(19)10-8-15/h2-10,17H,11-13H2,1H3,(H,20,21). The van der Waals surface area contributed by atoms with E-state index in [1.54, 1.807) is 7.11 Å². The van der Waals surface area contributed by atoms with Crippen molar-refractivity contribution in [3.05, 3.63) is 70.7 Å². The van der Waals surface area contributed by atoms with Gasteiger partial charge in [0.25, 0.3) is 0 Å². The fourth-order valence-electron chi connectivity index (χ4n) is 2.36. The summed E-state index contributed by atoms with van der Waals surface area (Å²) in [6.07, 6.45) is 0.398. The van der Waals surface area contributed by atoms with Crippen LogP contribution in [0.3, 0.4) is 0 Å². The van der Waals surface area contributed by atoms with Gasteiger partial charge < -0.3 is 10.1 Å². The van der Waals surface area contributed by atoms with E-state index < -0.39 is 0 Å². The summed E-state index contributed by atoms with van der Waals surface area (Å²) in [5.74, 6) is 0.0295. The first kappa shape index (κ1) is 16.5. The molecule has 1 N–H and O–H groups in total. The highest BCUT2D eigenvalue weighted by Crippen LogP contribution is 2.28. The summed E-state index contributed by atoms with van der Waals surface area (Å²) in [4.78, 5) is 12.1. The maximum absolute atomic E-state index is 12.1. The maximum atomic E-state index is 12.1. The van der Waals surface area contributed by atoms with Crippen LogP contribution in [-0.2, 0) is 9.53 Å². The van der Waals surface area contributed by atoms with E-state index in [0.29, 0.717) is 24.6 Å². The second kappa shape index (κ2) is 8.57. The monoisotopic (exact) mass is 317 g/mol. The van der Waals surface area contributed by atoms with Crippen LogP contribution in [0.2, 0.25) is 5.02 Å². The molecule has 0 saturated carbocycles. The Kier molecular flexibility index (Phi) is 6.44. The lowest BCUT2D eigenvalue weighted by atomic mass is 9.88. The summed E-state index contributed by atoms with van der Waals surface area (Å²) in [5.41, 5.74) is 2.20. The van der Waals surface area contributed by atoms with Crippen LogP contribution in [-0.4, -0.2) is 26.2 Å². The minimum absolute atomic E-state index is 0.0147. The Morgan fingerprint density at radius 1 is 1.09 bits per heavy atom. The van der Waals surface area contributed by atoms with Crippen molar-refractivity contribution in [2.24, 2.45) is 0 Å². The lowest BCUT2D eigenvalue weighted by molar-refractivity contribution is -0.121. The topological polar surface area (TPSA) is 38.3 Å². The fourth-order valence-corrected chi connectivity index (χ4v) is 2.48. The van der Waals surface area contributed by atoms with E-state index in [0.717, 1.165) is 11.1 Å². The van der Waals surface area contributed by atoms with Crippen LogP contribution < -0.4 is 5.32 Å². The van der Waals surface area contributed by atoms with Crippen LogP contribution >= 0.6 is 11.6 Å². The summed E-state index contributed by atoms with van der Waals surface area (Å²) in [6.45, 7) is 1.04. The number of hydrogen-bond donors (Lipinski definition) is 1. The van der Waals surface area contributed by atoms with E-state index in [2.05, 4.69) is 5.32 Å². The molecule has 2 aromatic carbocycles. The second-order valence-corrected chi connectivity index (χ2v) is 5.50. The average molecular weight is 318 g/mol. The van der Waals surface area contributed by atoms with Gasteiger partial charge in [-0.1, -0.05) is 54.1 Å². The molecular formula is C18H20ClNO2. The number of rotatable bonds is 7. The molecule has 0 saturated heterocycles. The molecule has 22 heavy (non-hydrogen) atoms. The Morgan fingerprint density at radius 3 is 2.36 bits per heavy atom.